The Morgan fingerprint density at radius 1 is 1.75 bits per heavy atom. The Morgan fingerprint density at radius 2 is 2.33 bits per heavy atom. The average molecular weight is 193 g/mol. The number of allylic oxidation sites excluding steroid dienone is 1. The average Bonchev–Trinajstić information content (AvgIpc) is 2.03. The van der Waals surface area contributed by atoms with Crippen LogP contribution in [0.4, 0.5) is 0 Å². The standard InChI is InChI=1S/C7H9NO3.K/c1-2-6(9)7(10)11-5-3-4-8;/h2,9H,3,5H2,1H3;/q;+1/p-1. The maximum Gasteiger partial charge on any atom is 1.00 e. The van der Waals surface area contributed by atoms with Gasteiger partial charge in [0.2, 0.25) is 0 Å². The van der Waals surface area contributed by atoms with Crippen LogP contribution in [0.5, 0.6) is 0 Å². The van der Waals surface area contributed by atoms with Crippen LogP contribution >= 0.6 is 0 Å². The van der Waals surface area contributed by atoms with Gasteiger partial charge >= 0.3 is 57.4 Å². The van der Waals surface area contributed by atoms with Gasteiger partial charge in [-0.3, -0.25) is 0 Å². The van der Waals surface area contributed by atoms with Crippen molar-refractivity contribution in [3.63, 3.8) is 0 Å². The molecule has 0 spiro atoms. The Balaban J connectivity index is 0. The van der Waals surface area contributed by atoms with E-state index in [2.05, 4.69) is 4.74 Å². The maximum atomic E-state index is 10.5. The van der Waals surface area contributed by atoms with E-state index in [-0.39, 0.29) is 64.4 Å². The Kier molecular flexibility index (Phi) is 11.3. The van der Waals surface area contributed by atoms with Crippen LogP contribution in [0, 0.1) is 11.3 Å². The van der Waals surface area contributed by atoms with Gasteiger partial charge < -0.3 is 9.84 Å². The third-order valence-electron chi connectivity index (χ3n) is 0.910. The molecule has 0 bridgehead atoms. The molecule has 4 nitrogen and oxygen atoms in total. The van der Waals surface area contributed by atoms with Crippen LogP contribution in [-0.4, -0.2) is 12.6 Å². The van der Waals surface area contributed by atoms with E-state index >= 15 is 0 Å². The van der Waals surface area contributed by atoms with Crippen LogP contribution in [0.1, 0.15) is 13.3 Å². The summed E-state index contributed by atoms with van der Waals surface area (Å²) in [6, 6.07) is 1.78. The molecule has 0 saturated heterocycles. The minimum absolute atomic E-state index is 0. The predicted molar refractivity (Wildman–Crippen MR) is 34.9 cm³/mol. The van der Waals surface area contributed by atoms with Crippen LogP contribution in [0.3, 0.4) is 0 Å². The molecule has 0 fully saturated rings. The summed E-state index contributed by atoms with van der Waals surface area (Å²) in [7, 11) is 0. The molecule has 0 aliphatic heterocycles. The minimum atomic E-state index is -0.900. The number of carbonyl (C=O) groups excluding carboxylic acids is 1. The Labute approximate surface area is 114 Å². The second-order valence-electron chi connectivity index (χ2n) is 1.70. The number of esters is 1. The molecule has 0 aromatic rings. The topological polar surface area (TPSA) is 73.2 Å². The molecule has 0 saturated carbocycles. The van der Waals surface area contributed by atoms with Crippen LogP contribution in [-0.2, 0) is 9.53 Å². The molecule has 0 rings (SSSR count). The first-order valence-corrected chi connectivity index (χ1v) is 3.09. The second-order valence-corrected chi connectivity index (χ2v) is 1.70. The fourth-order valence-electron chi connectivity index (χ4n) is 0.378. The molecule has 0 aromatic carbocycles. The Bertz CT molecular complexity index is 207. The summed E-state index contributed by atoms with van der Waals surface area (Å²) in [6.45, 7) is 1.43. The number of rotatable bonds is 3. The zero-order valence-electron chi connectivity index (χ0n) is 7.16. The van der Waals surface area contributed by atoms with Crippen LogP contribution in [0.2, 0.25) is 0 Å². The number of carbonyl (C=O) groups is 1. The molecular formula is C7H8KNO3. The third-order valence-corrected chi connectivity index (χ3v) is 0.910. The largest absolute Gasteiger partial charge is 1.00 e. The molecule has 0 amide bonds. The summed E-state index contributed by atoms with van der Waals surface area (Å²) in [6.07, 6.45) is 1.23. The van der Waals surface area contributed by atoms with Crippen LogP contribution in [0.25, 0.3) is 0 Å². The van der Waals surface area contributed by atoms with Crippen molar-refractivity contribution < 1.29 is 66.0 Å². The van der Waals surface area contributed by atoms with E-state index in [1.807, 2.05) is 0 Å². The number of ether oxygens (including phenoxy) is 1. The van der Waals surface area contributed by atoms with Gasteiger partial charge in [0.25, 0.3) is 0 Å². The molecule has 0 heterocycles. The van der Waals surface area contributed by atoms with Crippen molar-refractivity contribution in [2.45, 2.75) is 13.3 Å². The molecular weight excluding hydrogens is 185 g/mol. The summed E-state index contributed by atoms with van der Waals surface area (Å²) >= 11 is 0. The van der Waals surface area contributed by atoms with Gasteiger partial charge in [0.15, 0.2) is 0 Å². The van der Waals surface area contributed by atoms with E-state index in [0.717, 1.165) is 6.08 Å². The normalized spacial score (nSPS) is 9.50. The van der Waals surface area contributed by atoms with Crippen molar-refractivity contribution in [3.05, 3.63) is 11.8 Å². The van der Waals surface area contributed by atoms with Crippen molar-refractivity contribution in [2.75, 3.05) is 6.61 Å². The molecule has 0 radical (unpaired) electrons. The number of hydrogen-bond acceptors (Lipinski definition) is 4. The Hall–Kier alpha value is 0.136. The van der Waals surface area contributed by atoms with Crippen LogP contribution in [0.15, 0.2) is 11.8 Å². The minimum Gasteiger partial charge on any atom is -0.868 e. The van der Waals surface area contributed by atoms with E-state index in [9.17, 15) is 9.90 Å². The number of nitriles is 1. The monoisotopic (exact) mass is 193 g/mol. The van der Waals surface area contributed by atoms with E-state index < -0.39 is 11.7 Å². The van der Waals surface area contributed by atoms with Gasteiger partial charge in [0.05, 0.1) is 12.5 Å². The van der Waals surface area contributed by atoms with Gasteiger partial charge in [0.1, 0.15) is 6.61 Å². The summed E-state index contributed by atoms with van der Waals surface area (Å²) in [5.41, 5.74) is 0. The molecule has 0 aliphatic carbocycles. The molecule has 60 valence electrons. The van der Waals surface area contributed by atoms with Crippen LogP contribution < -0.4 is 56.5 Å². The van der Waals surface area contributed by atoms with Crippen molar-refractivity contribution in [1.82, 2.24) is 0 Å². The molecule has 0 unspecified atom stereocenters. The van der Waals surface area contributed by atoms with Gasteiger partial charge in [-0.25, -0.2) is 4.79 Å². The first-order chi connectivity index (χ1) is 5.22. The molecule has 0 aliphatic rings. The first kappa shape index (κ1) is 14.6. The molecule has 12 heavy (non-hydrogen) atoms. The van der Waals surface area contributed by atoms with Crippen molar-refractivity contribution >= 4 is 5.97 Å². The first-order valence-electron chi connectivity index (χ1n) is 3.09. The zero-order chi connectivity index (χ0) is 8.69. The summed E-state index contributed by atoms with van der Waals surface area (Å²) in [5.74, 6) is -1.58. The van der Waals surface area contributed by atoms with E-state index in [4.69, 9.17) is 5.26 Å². The summed E-state index contributed by atoms with van der Waals surface area (Å²) < 4.78 is 4.39. The third kappa shape index (κ3) is 6.82. The van der Waals surface area contributed by atoms with Crippen molar-refractivity contribution in [1.29, 1.82) is 5.26 Å². The smallest absolute Gasteiger partial charge is 0.868 e. The van der Waals surface area contributed by atoms with Crippen molar-refractivity contribution in [2.24, 2.45) is 0 Å². The van der Waals surface area contributed by atoms with Gasteiger partial charge in [-0.15, -0.1) is 0 Å². The second kappa shape index (κ2) is 9.23. The van der Waals surface area contributed by atoms with E-state index in [0.29, 0.717) is 0 Å². The SMILES string of the molecule is CC=C([O-])C(=O)OCCC#N.[K+]. The zero-order valence-corrected chi connectivity index (χ0v) is 10.3. The fraction of sp³-hybridized carbons (Fsp3) is 0.429. The van der Waals surface area contributed by atoms with Gasteiger partial charge in [0, 0.05) is 0 Å². The maximum absolute atomic E-state index is 10.5. The van der Waals surface area contributed by atoms with E-state index in [1.54, 1.807) is 6.07 Å². The number of nitrogens with zero attached hydrogens (tertiary/aromatic N) is 1. The van der Waals surface area contributed by atoms with Gasteiger partial charge in [-0.2, -0.15) is 5.26 Å². The summed E-state index contributed by atoms with van der Waals surface area (Å²) in [4.78, 5) is 10.5. The number of hydrogen-bond donors (Lipinski definition) is 0. The van der Waals surface area contributed by atoms with E-state index in [1.165, 1.54) is 6.92 Å². The van der Waals surface area contributed by atoms with Gasteiger partial charge in [-0.05, 0) is 12.7 Å². The fourth-order valence-corrected chi connectivity index (χ4v) is 0.378. The molecule has 5 heteroatoms. The molecule has 0 aromatic heterocycles. The van der Waals surface area contributed by atoms with Gasteiger partial charge in [-0.1, -0.05) is 6.08 Å². The molecule has 0 atom stereocenters. The molecule has 0 N–H and O–H groups in total. The summed E-state index contributed by atoms with van der Waals surface area (Å²) in [5, 5.41) is 18.5. The quantitative estimate of drug-likeness (QED) is 0.155. The van der Waals surface area contributed by atoms with Crippen molar-refractivity contribution in [3.8, 4) is 6.07 Å². The Morgan fingerprint density at radius 3 is 2.75 bits per heavy atom. The predicted octanol–water partition coefficient (Wildman–Crippen LogP) is -3.29.